The Morgan fingerprint density at radius 2 is 2.12 bits per heavy atom. The molecule has 0 saturated carbocycles. The van der Waals surface area contributed by atoms with Gasteiger partial charge < -0.3 is 14.9 Å². The van der Waals surface area contributed by atoms with Crippen LogP contribution in [-0.2, 0) is 11.2 Å². The molecule has 1 aromatic rings. The number of aromatic nitrogens is 2. The van der Waals surface area contributed by atoms with Crippen LogP contribution in [0.25, 0.3) is 0 Å². The normalized spacial score (nSPS) is 17.1. The Hall–Kier alpha value is -1.69. The second-order valence-corrected chi connectivity index (χ2v) is 4.23. The highest BCUT2D eigenvalue weighted by Crippen LogP contribution is 2.18. The van der Waals surface area contributed by atoms with Gasteiger partial charge in [0.2, 0.25) is 0 Å². The standard InChI is InChI=1S/C11H16N4O2/c1-14-2-4-15(5-3-14)11-9(6-10(16)17)7-12-8-13-11/h7-8H,2-6H2,1H3,(H,16,17). The number of rotatable bonds is 3. The Kier molecular flexibility index (Phi) is 3.53. The quantitative estimate of drug-likeness (QED) is 0.787. The second kappa shape index (κ2) is 5.09. The van der Waals surface area contributed by atoms with Crippen LogP contribution in [0.2, 0.25) is 0 Å². The van der Waals surface area contributed by atoms with Crippen molar-refractivity contribution in [2.75, 3.05) is 38.1 Å². The molecule has 2 heterocycles. The minimum atomic E-state index is -0.852. The van der Waals surface area contributed by atoms with Crippen LogP contribution in [0.3, 0.4) is 0 Å². The number of piperazine rings is 1. The van der Waals surface area contributed by atoms with Crippen molar-refractivity contribution in [2.45, 2.75) is 6.42 Å². The van der Waals surface area contributed by atoms with E-state index in [1.165, 1.54) is 6.33 Å². The molecule has 0 spiro atoms. The lowest BCUT2D eigenvalue weighted by atomic mass is 10.2. The first-order chi connectivity index (χ1) is 8.16. The predicted octanol–water partition coefficient (Wildman–Crippen LogP) is -0.145. The third-order valence-electron chi connectivity index (χ3n) is 2.91. The maximum atomic E-state index is 10.8. The molecule has 0 aromatic carbocycles. The number of nitrogens with zero attached hydrogens (tertiary/aromatic N) is 4. The van der Waals surface area contributed by atoms with Crippen molar-refractivity contribution in [3.63, 3.8) is 0 Å². The molecular formula is C11H16N4O2. The van der Waals surface area contributed by atoms with Crippen LogP contribution in [0.5, 0.6) is 0 Å². The summed E-state index contributed by atoms with van der Waals surface area (Å²) in [5.74, 6) is -0.0920. The first-order valence-corrected chi connectivity index (χ1v) is 5.61. The molecule has 1 aromatic heterocycles. The molecule has 1 saturated heterocycles. The van der Waals surface area contributed by atoms with Crippen molar-refractivity contribution in [1.82, 2.24) is 14.9 Å². The van der Waals surface area contributed by atoms with E-state index in [-0.39, 0.29) is 6.42 Å². The number of carbonyl (C=O) groups is 1. The van der Waals surface area contributed by atoms with Crippen LogP contribution in [0, 0.1) is 0 Å². The zero-order chi connectivity index (χ0) is 12.3. The predicted molar refractivity (Wildman–Crippen MR) is 63.1 cm³/mol. The number of likely N-dealkylation sites (N-methyl/N-ethyl adjacent to an activating group) is 1. The highest BCUT2D eigenvalue weighted by molar-refractivity contribution is 5.72. The third-order valence-corrected chi connectivity index (χ3v) is 2.91. The number of carboxylic acids is 1. The molecule has 6 heteroatoms. The van der Waals surface area contributed by atoms with Gasteiger partial charge in [0.15, 0.2) is 0 Å². The summed E-state index contributed by atoms with van der Waals surface area (Å²) in [6, 6.07) is 0. The lowest BCUT2D eigenvalue weighted by Crippen LogP contribution is -2.45. The topological polar surface area (TPSA) is 69.6 Å². The Labute approximate surface area is 99.9 Å². The van der Waals surface area contributed by atoms with Gasteiger partial charge in [-0.25, -0.2) is 9.97 Å². The summed E-state index contributed by atoms with van der Waals surface area (Å²) in [4.78, 5) is 23.3. The second-order valence-electron chi connectivity index (χ2n) is 4.23. The lowest BCUT2D eigenvalue weighted by Gasteiger charge is -2.33. The summed E-state index contributed by atoms with van der Waals surface area (Å²) >= 11 is 0. The molecular weight excluding hydrogens is 220 g/mol. The molecule has 1 aliphatic rings. The van der Waals surface area contributed by atoms with Gasteiger partial charge in [0, 0.05) is 37.9 Å². The summed E-state index contributed by atoms with van der Waals surface area (Å²) in [5.41, 5.74) is 0.685. The molecule has 2 rings (SSSR count). The third kappa shape index (κ3) is 2.91. The molecule has 0 radical (unpaired) electrons. The number of hydrogen-bond acceptors (Lipinski definition) is 5. The zero-order valence-electron chi connectivity index (χ0n) is 9.83. The minimum Gasteiger partial charge on any atom is -0.481 e. The van der Waals surface area contributed by atoms with Gasteiger partial charge in [-0.3, -0.25) is 4.79 Å². The van der Waals surface area contributed by atoms with E-state index >= 15 is 0 Å². The molecule has 6 nitrogen and oxygen atoms in total. The van der Waals surface area contributed by atoms with Gasteiger partial charge in [0.25, 0.3) is 0 Å². The average molecular weight is 236 g/mol. The molecule has 0 unspecified atom stereocenters. The molecule has 0 aliphatic carbocycles. The van der Waals surface area contributed by atoms with E-state index in [0.717, 1.165) is 32.0 Å². The Bertz CT molecular complexity index is 402. The van der Waals surface area contributed by atoms with Gasteiger partial charge in [-0.2, -0.15) is 0 Å². The summed E-state index contributed by atoms with van der Waals surface area (Å²) < 4.78 is 0. The Balaban J connectivity index is 2.16. The highest BCUT2D eigenvalue weighted by atomic mass is 16.4. The Morgan fingerprint density at radius 1 is 1.41 bits per heavy atom. The van der Waals surface area contributed by atoms with Crippen LogP contribution in [0.1, 0.15) is 5.56 Å². The van der Waals surface area contributed by atoms with Crippen molar-refractivity contribution < 1.29 is 9.90 Å². The molecule has 92 valence electrons. The summed E-state index contributed by atoms with van der Waals surface area (Å²) in [7, 11) is 2.08. The van der Waals surface area contributed by atoms with Gasteiger partial charge in [-0.1, -0.05) is 0 Å². The minimum absolute atomic E-state index is 0.0253. The van der Waals surface area contributed by atoms with Crippen LogP contribution >= 0.6 is 0 Å². The summed E-state index contributed by atoms with van der Waals surface area (Å²) in [6.07, 6.45) is 3.04. The summed E-state index contributed by atoms with van der Waals surface area (Å²) in [5, 5.41) is 8.85. The number of carboxylic acid groups (broad SMARTS) is 1. The van der Waals surface area contributed by atoms with Crippen LogP contribution in [-0.4, -0.2) is 59.2 Å². The maximum absolute atomic E-state index is 10.8. The number of hydrogen-bond donors (Lipinski definition) is 1. The molecule has 17 heavy (non-hydrogen) atoms. The maximum Gasteiger partial charge on any atom is 0.308 e. The highest BCUT2D eigenvalue weighted by Gasteiger charge is 2.19. The average Bonchev–Trinajstić information content (AvgIpc) is 2.30. The van der Waals surface area contributed by atoms with Crippen molar-refractivity contribution in [2.24, 2.45) is 0 Å². The SMILES string of the molecule is CN1CCN(c2ncncc2CC(=O)O)CC1. The van der Waals surface area contributed by atoms with Crippen molar-refractivity contribution >= 4 is 11.8 Å². The fraction of sp³-hybridized carbons (Fsp3) is 0.545. The number of aliphatic carboxylic acids is 1. The molecule has 1 fully saturated rings. The van der Waals surface area contributed by atoms with E-state index < -0.39 is 5.97 Å². The zero-order valence-corrected chi connectivity index (χ0v) is 9.83. The van der Waals surface area contributed by atoms with E-state index in [1.807, 2.05) is 0 Å². The van der Waals surface area contributed by atoms with E-state index in [9.17, 15) is 4.79 Å². The van der Waals surface area contributed by atoms with Crippen LogP contribution < -0.4 is 4.90 Å². The van der Waals surface area contributed by atoms with Crippen molar-refractivity contribution in [1.29, 1.82) is 0 Å². The molecule has 1 aliphatic heterocycles. The van der Waals surface area contributed by atoms with Gasteiger partial charge >= 0.3 is 5.97 Å². The largest absolute Gasteiger partial charge is 0.481 e. The summed E-state index contributed by atoms with van der Waals surface area (Å²) in [6.45, 7) is 3.69. The van der Waals surface area contributed by atoms with Crippen LogP contribution in [0.4, 0.5) is 5.82 Å². The number of anilines is 1. The fourth-order valence-electron chi connectivity index (χ4n) is 1.94. The molecule has 0 atom stereocenters. The van der Waals surface area contributed by atoms with E-state index in [4.69, 9.17) is 5.11 Å². The van der Waals surface area contributed by atoms with Crippen LogP contribution in [0.15, 0.2) is 12.5 Å². The molecule has 0 amide bonds. The first kappa shape index (κ1) is 11.8. The van der Waals surface area contributed by atoms with Crippen molar-refractivity contribution in [3.05, 3.63) is 18.1 Å². The van der Waals surface area contributed by atoms with E-state index in [0.29, 0.717) is 5.56 Å². The van der Waals surface area contributed by atoms with Gasteiger partial charge in [-0.15, -0.1) is 0 Å². The Morgan fingerprint density at radius 3 is 2.76 bits per heavy atom. The first-order valence-electron chi connectivity index (χ1n) is 5.61. The smallest absolute Gasteiger partial charge is 0.308 e. The van der Waals surface area contributed by atoms with E-state index in [2.05, 4.69) is 26.8 Å². The van der Waals surface area contributed by atoms with Crippen molar-refractivity contribution in [3.8, 4) is 0 Å². The fourth-order valence-corrected chi connectivity index (χ4v) is 1.94. The van der Waals surface area contributed by atoms with Gasteiger partial charge in [0.05, 0.1) is 6.42 Å². The monoisotopic (exact) mass is 236 g/mol. The lowest BCUT2D eigenvalue weighted by molar-refractivity contribution is -0.136. The molecule has 1 N–H and O–H groups in total. The van der Waals surface area contributed by atoms with Gasteiger partial charge in [0.1, 0.15) is 12.1 Å². The van der Waals surface area contributed by atoms with Gasteiger partial charge in [-0.05, 0) is 7.05 Å². The van der Waals surface area contributed by atoms with E-state index in [1.54, 1.807) is 6.20 Å². The molecule has 0 bridgehead atoms.